The van der Waals surface area contributed by atoms with Gasteiger partial charge in [-0.15, -0.1) is 0 Å². The first-order valence-electron chi connectivity index (χ1n) is 9.55. The van der Waals surface area contributed by atoms with Gasteiger partial charge in [0.05, 0.1) is 29.3 Å². The van der Waals surface area contributed by atoms with Gasteiger partial charge in [-0.1, -0.05) is 47.6 Å². The van der Waals surface area contributed by atoms with E-state index in [1.54, 1.807) is 12.1 Å². The van der Waals surface area contributed by atoms with E-state index in [0.29, 0.717) is 10.2 Å². The fourth-order valence-electron chi connectivity index (χ4n) is 3.88. The fourth-order valence-corrected chi connectivity index (χ4v) is 6.83. The maximum Gasteiger partial charge on any atom is 0.234 e. The molecule has 30 heavy (non-hydrogen) atoms. The van der Waals surface area contributed by atoms with E-state index in [1.807, 2.05) is 49.1 Å². The summed E-state index contributed by atoms with van der Waals surface area (Å²) in [6.07, 6.45) is 0. The van der Waals surface area contributed by atoms with E-state index in [1.165, 1.54) is 11.8 Å². The van der Waals surface area contributed by atoms with Gasteiger partial charge in [-0.2, -0.15) is 0 Å². The molecule has 1 fully saturated rings. The molecule has 1 saturated heterocycles. The highest BCUT2D eigenvalue weighted by Crippen LogP contribution is 2.36. The van der Waals surface area contributed by atoms with Gasteiger partial charge in [-0.05, 0) is 43.2 Å². The standard InChI is InChI=1S/C21H22ClN3O3S2/c1-13-5-3-6-14(2)20(13)24-19(26)10-29-21-23-17-11-30(27,28)12-18(17)25(21)16-8-4-7-15(22)9-16/h3-9,17-18H,10-12H2,1-2H3,(H,24,26)/t17-,18+/m1/s1. The van der Waals surface area contributed by atoms with Crippen LogP contribution in [0.5, 0.6) is 0 Å². The van der Waals surface area contributed by atoms with E-state index in [4.69, 9.17) is 11.6 Å². The van der Waals surface area contributed by atoms with E-state index in [-0.39, 0.29) is 35.2 Å². The van der Waals surface area contributed by atoms with Gasteiger partial charge < -0.3 is 10.2 Å². The lowest BCUT2D eigenvalue weighted by Gasteiger charge is -2.26. The molecule has 2 atom stereocenters. The van der Waals surface area contributed by atoms with Crippen molar-refractivity contribution in [1.82, 2.24) is 0 Å². The highest BCUT2D eigenvalue weighted by Gasteiger charge is 2.47. The minimum Gasteiger partial charge on any atom is -0.325 e. The zero-order chi connectivity index (χ0) is 21.5. The van der Waals surface area contributed by atoms with Crippen LogP contribution in [0.15, 0.2) is 47.5 Å². The van der Waals surface area contributed by atoms with Gasteiger partial charge in [0, 0.05) is 16.4 Å². The molecule has 2 aromatic carbocycles. The number of rotatable bonds is 4. The number of anilines is 2. The maximum atomic E-state index is 12.6. The van der Waals surface area contributed by atoms with Crippen LogP contribution in [0.3, 0.4) is 0 Å². The quantitative estimate of drug-likeness (QED) is 0.748. The predicted molar refractivity (Wildman–Crippen MR) is 125 cm³/mol. The number of aryl methyl sites for hydroxylation is 2. The Hall–Kier alpha value is -2.03. The van der Waals surface area contributed by atoms with Crippen molar-refractivity contribution in [1.29, 1.82) is 0 Å². The fraction of sp³-hybridized carbons (Fsp3) is 0.333. The molecule has 158 valence electrons. The minimum absolute atomic E-state index is 0.0351. The number of nitrogens with one attached hydrogen (secondary N) is 1. The van der Waals surface area contributed by atoms with E-state index < -0.39 is 9.84 Å². The molecule has 1 N–H and O–H groups in total. The number of aliphatic imine (C=N–C) groups is 1. The van der Waals surface area contributed by atoms with Crippen LogP contribution in [0.4, 0.5) is 11.4 Å². The lowest BCUT2D eigenvalue weighted by molar-refractivity contribution is -0.113. The number of nitrogens with zero attached hydrogens (tertiary/aromatic N) is 2. The van der Waals surface area contributed by atoms with Crippen molar-refractivity contribution in [2.24, 2.45) is 4.99 Å². The Labute approximate surface area is 185 Å². The zero-order valence-electron chi connectivity index (χ0n) is 16.6. The second-order valence-electron chi connectivity index (χ2n) is 7.58. The van der Waals surface area contributed by atoms with E-state index in [9.17, 15) is 13.2 Å². The van der Waals surface area contributed by atoms with Crippen LogP contribution in [-0.4, -0.2) is 48.8 Å². The van der Waals surface area contributed by atoms with Crippen LogP contribution in [0.1, 0.15) is 11.1 Å². The summed E-state index contributed by atoms with van der Waals surface area (Å²) in [6.45, 7) is 3.92. The highest BCUT2D eigenvalue weighted by molar-refractivity contribution is 8.14. The summed E-state index contributed by atoms with van der Waals surface area (Å²) < 4.78 is 24.3. The number of carbonyl (C=O) groups is 1. The number of fused-ring (bicyclic) bond motifs is 1. The van der Waals surface area contributed by atoms with Crippen molar-refractivity contribution in [3.8, 4) is 0 Å². The monoisotopic (exact) mass is 463 g/mol. The van der Waals surface area contributed by atoms with Crippen molar-refractivity contribution in [3.05, 3.63) is 58.6 Å². The molecule has 2 aromatic rings. The largest absolute Gasteiger partial charge is 0.325 e. The number of sulfone groups is 1. The van der Waals surface area contributed by atoms with Gasteiger partial charge in [-0.25, -0.2) is 8.42 Å². The molecule has 9 heteroatoms. The van der Waals surface area contributed by atoms with Crippen molar-refractivity contribution < 1.29 is 13.2 Å². The predicted octanol–water partition coefficient (Wildman–Crippen LogP) is 3.67. The summed E-state index contributed by atoms with van der Waals surface area (Å²) in [7, 11) is -3.13. The summed E-state index contributed by atoms with van der Waals surface area (Å²) in [6, 6.07) is 12.6. The van der Waals surface area contributed by atoms with Gasteiger partial charge in [-0.3, -0.25) is 9.79 Å². The molecule has 6 nitrogen and oxygen atoms in total. The lowest BCUT2D eigenvalue weighted by atomic mass is 10.1. The van der Waals surface area contributed by atoms with Crippen molar-refractivity contribution in [2.45, 2.75) is 25.9 Å². The Morgan fingerprint density at radius 2 is 1.90 bits per heavy atom. The van der Waals surface area contributed by atoms with Crippen LogP contribution in [-0.2, 0) is 14.6 Å². The minimum atomic E-state index is -3.13. The van der Waals surface area contributed by atoms with Crippen LogP contribution in [0.25, 0.3) is 0 Å². The van der Waals surface area contributed by atoms with Crippen LogP contribution in [0.2, 0.25) is 5.02 Å². The molecule has 4 rings (SSSR count). The lowest BCUT2D eigenvalue weighted by Crippen LogP contribution is -2.39. The molecular formula is C21H22ClN3O3S2. The number of hydrogen-bond acceptors (Lipinski definition) is 6. The molecule has 0 radical (unpaired) electrons. The Bertz CT molecular complexity index is 1110. The molecule has 0 spiro atoms. The first-order chi connectivity index (χ1) is 14.2. The number of amidine groups is 1. The maximum absolute atomic E-state index is 12.6. The first-order valence-corrected chi connectivity index (χ1v) is 12.7. The molecule has 1 amide bonds. The van der Waals surface area contributed by atoms with E-state index in [0.717, 1.165) is 22.5 Å². The molecular weight excluding hydrogens is 442 g/mol. The Morgan fingerprint density at radius 3 is 2.60 bits per heavy atom. The molecule has 0 aliphatic carbocycles. The van der Waals surface area contributed by atoms with Crippen molar-refractivity contribution in [3.63, 3.8) is 0 Å². The number of halogens is 1. The summed E-state index contributed by atoms with van der Waals surface area (Å²) >= 11 is 7.48. The summed E-state index contributed by atoms with van der Waals surface area (Å²) in [5, 5.41) is 4.19. The smallest absolute Gasteiger partial charge is 0.234 e. The second-order valence-corrected chi connectivity index (χ2v) is 11.1. The number of thioether (sulfide) groups is 1. The van der Waals surface area contributed by atoms with Crippen LogP contribution in [0, 0.1) is 13.8 Å². The highest BCUT2D eigenvalue weighted by atomic mass is 35.5. The van der Waals surface area contributed by atoms with Crippen molar-refractivity contribution >= 4 is 55.6 Å². The number of benzene rings is 2. The third-order valence-electron chi connectivity index (χ3n) is 5.27. The SMILES string of the molecule is Cc1cccc(C)c1NC(=O)CSC1=N[C@@H]2CS(=O)(=O)C[C@@H]2N1c1cccc(Cl)c1. The number of para-hydroxylation sites is 1. The van der Waals surface area contributed by atoms with Crippen molar-refractivity contribution in [2.75, 3.05) is 27.5 Å². The summed E-state index contributed by atoms with van der Waals surface area (Å²) in [5.41, 5.74) is 3.62. The molecule has 0 unspecified atom stereocenters. The molecule has 2 aliphatic heterocycles. The van der Waals surface area contributed by atoms with Crippen LogP contribution < -0.4 is 10.2 Å². The Kier molecular flexibility index (Phi) is 5.83. The van der Waals surface area contributed by atoms with E-state index in [2.05, 4.69) is 10.3 Å². The molecule has 2 aliphatic rings. The number of hydrogen-bond donors (Lipinski definition) is 1. The second kappa shape index (κ2) is 8.24. The third kappa shape index (κ3) is 4.36. The summed E-state index contributed by atoms with van der Waals surface area (Å²) in [5.74, 6) is 0.131. The topological polar surface area (TPSA) is 78.8 Å². The van der Waals surface area contributed by atoms with Gasteiger partial charge in [0.2, 0.25) is 5.91 Å². The number of carbonyl (C=O) groups excluding carboxylic acids is 1. The van der Waals surface area contributed by atoms with Gasteiger partial charge in [0.25, 0.3) is 0 Å². The van der Waals surface area contributed by atoms with Gasteiger partial charge >= 0.3 is 0 Å². The van der Waals surface area contributed by atoms with Gasteiger partial charge in [0.15, 0.2) is 15.0 Å². The number of amides is 1. The molecule has 2 heterocycles. The van der Waals surface area contributed by atoms with Crippen LogP contribution >= 0.6 is 23.4 Å². The molecule has 0 aromatic heterocycles. The Balaban J connectivity index is 1.52. The first kappa shape index (κ1) is 21.2. The molecule has 0 bridgehead atoms. The summed E-state index contributed by atoms with van der Waals surface area (Å²) in [4.78, 5) is 19.2. The molecule has 0 saturated carbocycles. The van der Waals surface area contributed by atoms with E-state index >= 15 is 0 Å². The average molecular weight is 464 g/mol. The zero-order valence-corrected chi connectivity index (χ0v) is 19.0. The third-order valence-corrected chi connectivity index (χ3v) is 8.17. The van der Waals surface area contributed by atoms with Gasteiger partial charge in [0.1, 0.15) is 0 Å². The Morgan fingerprint density at radius 1 is 1.20 bits per heavy atom. The normalized spacial score (nSPS) is 22.0. The average Bonchev–Trinajstić information content (AvgIpc) is 3.14.